The zero-order valence-electron chi connectivity index (χ0n) is 9.39. The number of carbonyl (C=O) groups excluding carboxylic acids is 1. The predicted octanol–water partition coefficient (Wildman–Crippen LogP) is 3.43. The van der Waals surface area contributed by atoms with Crippen LogP contribution in [0.25, 0.3) is 0 Å². The van der Waals surface area contributed by atoms with Crippen molar-refractivity contribution in [2.45, 2.75) is 53.4 Å². The van der Waals surface area contributed by atoms with Crippen LogP contribution in [0.1, 0.15) is 53.4 Å². The van der Waals surface area contributed by atoms with Gasteiger partial charge in [0, 0.05) is 5.41 Å². The molecule has 0 N–H and O–H groups in total. The average molecular weight is 182 g/mol. The van der Waals surface area contributed by atoms with Crippen LogP contribution in [0.4, 0.5) is 0 Å². The van der Waals surface area contributed by atoms with Crippen LogP contribution in [0.3, 0.4) is 0 Å². The molecule has 0 heterocycles. The molecule has 0 radical (unpaired) electrons. The summed E-state index contributed by atoms with van der Waals surface area (Å²) in [5.41, 5.74) is 0.489. The molecule has 0 aliphatic heterocycles. The lowest BCUT2D eigenvalue weighted by Crippen LogP contribution is -2.35. The molecule has 1 atom stereocenters. The van der Waals surface area contributed by atoms with E-state index < -0.39 is 0 Å². The van der Waals surface area contributed by atoms with Crippen molar-refractivity contribution in [3.05, 3.63) is 0 Å². The highest BCUT2D eigenvalue weighted by Crippen LogP contribution is 2.49. The number of rotatable bonds is 4. The van der Waals surface area contributed by atoms with Gasteiger partial charge in [-0.05, 0) is 37.0 Å². The fourth-order valence-electron chi connectivity index (χ4n) is 2.58. The Labute approximate surface area is 81.9 Å². The largest absolute Gasteiger partial charge is 0.303 e. The Hall–Kier alpha value is -0.330. The van der Waals surface area contributed by atoms with Gasteiger partial charge in [0.1, 0.15) is 6.29 Å². The van der Waals surface area contributed by atoms with Crippen LogP contribution < -0.4 is 0 Å². The van der Waals surface area contributed by atoms with E-state index in [1.807, 2.05) is 0 Å². The quantitative estimate of drug-likeness (QED) is 0.609. The topological polar surface area (TPSA) is 17.1 Å². The summed E-state index contributed by atoms with van der Waals surface area (Å²) >= 11 is 0. The average Bonchev–Trinajstić information content (AvgIpc) is 2.01. The summed E-state index contributed by atoms with van der Waals surface area (Å²) in [4.78, 5) is 10.9. The smallest absolute Gasteiger partial charge is 0.125 e. The first-order chi connectivity index (χ1) is 5.91. The van der Waals surface area contributed by atoms with E-state index in [9.17, 15) is 4.79 Å². The van der Waals surface area contributed by atoms with Crippen LogP contribution in [0, 0.1) is 16.7 Å². The fraction of sp³-hybridized carbons (Fsp3) is 0.917. The molecule has 1 fully saturated rings. The van der Waals surface area contributed by atoms with Crippen molar-refractivity contribution in [1.29, 1.82) is 0 Å². The van der Waals surface area contributed by atoms with Crippen molar-refractivity contribution in [3.63, 3.8) is 0 Å². The first kappa shape index (κ1) is 10.7. The number of hydrogen-bond acceptors (Lipinski definition) is 1. The van der Waals surface area contributed by atoms with Gasteiger partial charge in [-0.3, -0.25) is 0 Å². The summed E-state index contributed by atoms with van der Waals surface area (Å²) in [6.45, 7) is 8.82. The monoisotopic (exact) mass is 182 g/mol. The van der Waals surface area contributed by atoms with Gasteiger partial charge in [0.15, 0.2) is 0 Å². The van der Waals surface area contributed by atoms with Crippen molar-refractivity contribution >= 4 is 6.29 Å². The zero-order chi connectivity index (χ0) is 10.1. The summed E-state index contributed by atoms with van der Waals surface area (Å²) in [7, 11) is 0. The molecule has 13 heavy (non-hydrogen) atoms. The second-order valence-corrected chi connectivity index (χ2v) is 5.77. The molecule has 0 amide bonds. The molecule has 0 bridgehead atoms. The summed E-state index contributed by atoms with van der Waals surface area (Å²) in [5, 5.41) is 0. The van der Waals surface area contributed by atoms with E-state index in [1.165, 1.54) is 12.8 Å². The molecule has 1 rings (SSSR count). The van der Waals surface area contributed by atoms with Gasteiger partial charge in [0.2, 0.25) is 0 Å². The predicted molar refractivity (Wildman–Crippen MR) is 55.6 cm³/mol. The van der Waals surface area contributed by atoms with Gasteiger partial charge < -0.3 is 4.79 Å². The van der Waals surface area contributed by atoms with Gasteiger partial charge in [-0.25, -0.2) is 0 Å². The van der Waals surface area contributed by atoms with Crippen molar-refractivity contribution in [2.75, 3.05) is 0 Å². The number of hydrogen-bond donors (Lipinski definition) is 0. The Balaban J connectivity index is 2.38. The lowest BCUT2D eigenvalue weighted by molar-refractivity contribution is -0.117. The van der Waals surface area contributed by atoms with Crippen molar-refractivity contribution in [3.8, 4) is 0 Å². The van der Waals surface area contributed by atoms with Gasteiger partial charge in [0.05, 0.1) is 0 Å². The van der Waals surface area contributed by atoms with Crippen molar-refractivity contribution in [1.82, 2.24) is 0 Å². The van der Waals surface area contributed by atoms with Crippen LogP contribution in [0.5, 0.6) is 0 Å². The minimum Gasteiger partial charge on any atom is -0.303 e. The molecule has 1 nitrogen and oxygen atoms in total. The van der Waals surface area contributed by atoms with E-state index >= 15 is 0 Å². The number of aldehydes is 1. The Morgan fingerprint density at radius 3 is 2.31 bits per heavy atom. The second-order valence-electron chi connectivity index (χ2n) is 5.77. The summed E-state index contributed by atoms with van der Waals surface area (Å²) < 4.78 is 0. The third-order valence-electron chi connectivity index (χ3n) is 3.53. The van der Waals surface area contributed by atoms with E-state index in [-0.39, 0.29) is 5.41 Å². The van der Waals surface area contributed by atoms with Crippen LogP contribution in [0.2, 0.25) is 0 Å². The Bertz CT molecular complexity index is 187. The van der Waals surface area contributed by atoms with Gasteiger partial charge in [-0.1, -0.05) is 27.7 Å². The van der Waals surface area contributed by atoms with Crippen LogP contribution in [-0.2, 0) is 4.79 Å². The molecule has 0 aromatic heterocycles. The third-order valence-corrected chi connectivity index (χ3v) is 3.53. The second kappa shape index (κ2) is 3.43. The molecule has 0 saturated heterocycles. The molecule has 0 spiro atoms. The summed E-state index contributed by atoms with van der Waals surface area (Å²) in [5.74, 6) is 0.796. The maximum Gasteiger partial charge on any atom is 0.125 e. The maximum atomic E-state index is 10.9. The van der Waals surface area contributed by atoms with Gasteiger partial charge in [0.25, 0.3) is 0 Å². The Kier molecular flexibility index (Phi) is 2.84. The van der Waals surface area contributed by atoms with Crippen LogP contribution in [-0.4, -0.2) is 6.29 Å². The van der Waals surface area contributed by atoms with Crippen LogP contribution >= 0.6 is 0 Å². The SMILES string of the molecule is CCC(C)(C=O)CC1CC(C)(C)C1. The fourth-order valence-corrected chi connectivity index (χ4v) is 2.58. The molecule has 1 unspecified atom stereocenters. The van der Waals surface area contributed by atoms with E-state index in [2.05, 4.69) is 27.7 Å². The molecule has 1 saturated carbocycles. The van der Waals surface area contributed by atoms with Crippen molar-refractivity contribution < 1.29 is 4.79 Å². The van der Waals surface area contributed by atoms with E-state index in [1.54, 1.807) is 0 Å². The lowest BCUT2D eigenvalue weighted by Gasteiger charge is -2.45. The standard InChI is InChI=1S/C12H22O/c1-5-12(4,9-13)8-10-6-11(2,3)7-10/h9-10H,5-8H2,1-4H3. The summed E-state index contributed by atoms with van der Waals surface area (Å²) in [6.07, 6.45) is 5.83. The summed E-state index contributed by atoms with van der Waals surface area (Å²) in [6, 6.07) is 0. The highest BCUT2D eigenvalue weighted by Gasteiger charge is 2.39. The Morgan fingerprint density at radius 1 is 1.46 bits per heavy atom. The van der Waals surface area contributed by atoms with Gasteiger partial charge in [-0.15, -0.1) is 0 Å². The van der Waals surface area contributed by atoms with Crippen LogP contribution in [0.15, 0.2) is 0 Å². The van der Waals surface area contributed by atoms with Gasteiger partial charge >= 0.3 is 0 Å². The molecular weight excluding hydrogens is 160 g/mol. The van der Waals surface area contributed by atoms with Gasteiger partial charge in [-0.2, -0.15) is 0 Å². The third kappa shape index (κ3) is 2.55. The minimum absolute atomic E-state index is 0.0544. The maximum absolute atomic E-state index is 10.9. The molecule has 0 aromatic carbocycles. The molecule has 1 aliphatic carbocycles. The van der Waals surface area contributed by atoms with E-state index in [0.29, 0.717) is 5.41 Å². The minimum atomic E-state index is -0.0544. The first-order valence-electron chi connectivity index (χ1n) is 5.37. The Morgan fingerprint density at radius 2 is 2.00 bits per heavy atom. The molecule has 1 heteroatoms. The van der Waals surface area contributed by atoms with Crippen molar-refractivity contribution in [2.24, 2.45) is 16.7 Å². The zero-order valence-corrected chi connectivity index (χ0v) is 9.39. The molecule has 1 aliphatic rings. The number of carbonyl (C=O) groups is 1. The molecule has 76 valence electrons. The molecule has 0 aromatic rings. The van der Waals surface area contributed by atoms with E-state index in [0.717, 1.165) is 25.0 Å². The first-order valence-corrected chi connectivity index (χ1v) is 5.37. The van der Waals surface area contributed by atoms with E-state index in [4.69, 9.17) is 0 Å². The lowest BCUT2D eigenvalue weighted by atomic mass is 9.60. The highest BCUT2D eigenvalue weighted by atomic mass is 16.1. The normalized spacial score (nSPS) is 26.2. The highest BCUT2D eigenvalue weighted by molar-refractivity contribution is 5.58. The molecular formula is C12H22O.